The van der Waals surface area contributed by atoms with Crippen LogP contribution in [0, 0.1) is 0 Å². The van der Waals surface area contributed by atoms with E-state index in [2.05, 4.69) is 4.98 Å². The number of amides is 1. The van der Waals surface area contributed by atoms with E-state index in [9.17, 15) is 4.79 Å². The van der Waals surface area contributed by atoms with E-state index in [1.165, 1.54) is 0 Å². The van der Waals surface area contributed by atoms with Gasteiger partial charge in [-0.3, -0.25) is 9.78 Å². The van der Waals surface area contributed by atoms with Crippen LogP contribution < -0.4 is 0 Å². The molecular weight excluding hydrogens is 212 g/mol. The van der Waals surface area contributed by atoms with Crippen molar-refractivity contribution in [1.82, 2.24) is 9.88 Å². The SMILES string of the molecule is CN(C)C(=O)c1ccc(-c2ccncc2)cc1. The van der Waals surface area contributed by atoms with Crippen LogP contribution in [0.2, 0.25) is 0 Å². The highest BCUT2D eigenvalue weighted by molar-refractivity contribution is 5.94. The van der Waals surface area contributed by atoms with E-state index in [1.807, 2.05) is 36.4 Å². The van der Waals surface area contributed by atoms with Crippen LogP contribution in [0.3, 0.4) is 0 Å². The van der Waals surface area contributed by atoms with Crippen molar-refractivity contribution in [2.24, 2.45) is 0 Å². The highest BCUT2D eigenvalue weighted by atomic mass is 16.2. The molecule has 17 heavy (non-hydrogen) atoms. The van der Waals surface area contributed by atoms with Gasteiger partial charge in [-0.05, 0) is 35.4 Å². The Morgan fingerprint density at radius 3 is 2.00 bits per heavy atom. The molecule has 86 valence electrons. The molecule has 3 heteroatoms. The van der Waals surface area contributed by atoms with Crippen LogP contribution in [0.25, 0.3) is 11.1 Å². The van der Waals surface area contributed by atoms with Gasteiger partial charge in [0, 0.05) is 32.1 Å². The van der Waals surface area contributed by atoms with Gasteiger partial charge in [0.15, 0.2) is 0 Å². The van der Waals surface area contributed by atoms with Crippen molar-refractivity contribution in [2.45, 2.75) is 0 Å². The summed E-state index contributed by atoms with van der Waals surface area (Å²) in [6.07, 6.45) is 3.52. The number of pyridine rings is 1. The topological polar surface area (TPSA) is 33.2 Å². The Morgan fingerprint density at radius 2 is 1.47 bits per heavy atom. The van der Waals surface area contributed by atoms with Gasteiger partial charge in [-0.25, -0.2) is 0 Å². The molecule has 0 saturated heterocycles. The normalized spacial score (nSPS) is 10.0. The number of carbonyl (C=O) groups is 1. The van der Waals surface area contributed by atoms with Crippen molar-refractivity contribution in [3.8, 4) is 11.1 Å². The third-order valence-corrected chi connectivity index (χ3v) is 2.55. The van der Waals surface area contributed by atoms with E-state index in [1.54, 1.807) is 31.4 Å². The Bertz CT molecular complexity index is 504. The number of hydrogen-bond acceptors (Lipinski definition) is 2. The summed E-state index contributed by atoms with van der Waals surface area (Å²) in [4.78, 5) is 17.3. The first-order chi connectivity index (χ1) is 8.18. The molecule has 0 radical (unpaired) electrons. The first-order valence-electron chi connectivity index (χ1n) is 5.40. The Hall–Kier alpha value is -2.16. The summed E-state index contributed by atoms with van der Waals surface area (Å²) < 4.78 is 0. The number of carbonyl (C=O) groups excluding carboxylic acids is 1. The van der Waals surface area contributed by atoms with Crippen molar-refractivity contribution in [2.75, 3.05) is 14.1 Å². The van der Waals surface area contributed by atoms with Crippen LogP contribution in [0.15, 0.2) is 48.8 Å². The van der Waals surface area contributed by atoms with Crippen LogP contribution in [-0.2, 0) is 0 Å². The molecule has 0 unspecified atom stereocenters. The lowest BCUT2D eigenvalue weighted by Gasteiger charge is -2.10. The van der Waals surface area contributed by atoms with Gasteiger partial charge >= 0.3 is 0 Å². The minimum Gasteiger partial charge on any atom is -0.345 e. The second kappa shape index (κ2) is 4.78. The molecule has 3 nitrogen and oxygen atoms in total. The summed E-state index contributed by atoms with van der Waals surface area (Å²) in [6, 6.07) is 11.5. The fourth-order valence-electron chi connectivity index (χ4n) is 1.61. The van der Waals surface area contributed by atoms with Crippen LogP contribution in [0.5, 0.6) is 0 Å². The van der Waals surface area contributed by atoms with E-state index in [0.717, 1.165) is 11.1 Å². The lowest BCUT2D eigenvalue weighted by Crippen LogP contribution is -2.21. The monoisotopic (exact) mass is 226 g/mol. The van der Waals surface area contributed by atoms with E-state index >= 15 is 0 Å². The zero-order valence-corrected chi connectivity index (χ0v) is 9.92. The average Bonchev–Trinajstić information content (AvgIpc) is 2.39. The van der Waals surface area contributed by atoms with Crippen LogP contribution in [0.4, 0.5) is 0 Å². The number of aromatic nitrogens is 1. The maximum Gasteiger partial charge on any atom is 0.253 e. The smallest absolute Gasteiger partial charge is 0.253 e. The summed E-state index contributed by atoms with van der Waals surface area (Å²) in [6.45, 7) is 0. The molecule has 0 spiro atoms. The molecular formula is C14H14N2O. The largest absolute Gasteiger partial charge is 0.345 e. The zero-order valence-electron chi connectivity index (χ0n) is 9.92. The summed E-state index contributed by atoms with van der Waals surface area (Å²) in [5, 5.41) is 0. The second-order valence-corrected chi connectivity index (χ2v) is 4.01. The average molecular weight is 226 g/mol. The first kappa shape index (κ1) is 11.3. The van der Waals surface area contributed by atoms with Gasteiger partial charge in [0.25, 0.3) is 5.91 Å². The molecule has 2 rings (SSSR count). The van der Waals surface area contributed by atoms with Crippen molar-refractivity contribution in [3.63, 3.8) is 0 Å². The summed E-state index contributed by atoms with van der Waals surface area (Å²) in [7, 11) is 3.50. The minimum atomic E-state index is 0.0197. The number of nitrogens with zero attached hydrogens (tertiary/aromatic N) is 2. The Labute approximate surface area is 101 Å². The van der Waals surface area contributed by atoms with Gasteiger partial charge in [-0.1, -0.05) is 12.1 Å². The zero-order chi connectivity index (χ0) is 12.3. The fraction of sp³-hybridized carbons (Fsp3) is 0.143. The number of rotatable bonds is 2. The molecule has 1 heterocycles. The van der Waals surface area contributed by atoms with E-state index in [-0.39, 0.29) is 5.91 Å². The van der Waals surface area contributed by atoms with Gasteiger partial charge in [0.2, 0.25) is 0 Å². The van der Waals surface area contributed by atoms with Gasteiger partial charge in [0.1, 0.15) is 0 Å². The fourth-order valence-corrected chi connectivity index (χ4v) is 1.61. The second-order valence-electron chi connectivity index (χ2n) is 4.01. The predicted octanol–water partition coefficient (Wildman–Crippen LogP) is 2.45. The molecule has 1 amide bonds. The molecule has 2 aromatic rings. The number of hydrogen-bond donors (Lipinski definition) is 0. The lowest BCUT2D eigenvalue weighted by molar-refractivity contribution is 0.0827. The van der Waals surface area contributed by atoms with Gasteiger partial charge in [0.05, 0.1) is 0 Å². The van der Waals surface area contributed by atoms with E-state index < -0.39 is 0 Å². The predicted molar refractivity (Wildman–Crippen MR) is 67.7 cm³/mol. The highest BCUT2D eigenvalue weighted by Crippen LogP contribution is 2.18. The molecule has 0 atom stereocenters. The molecule has 0 aliphatic carbocycles. The van der Waals surface area contributed by atoms with E-state index in [4.69, 9.17) is 0 Å². The standard InChI is InChI=1S/C14H14N2O/c1-16(2)14(17)13-5-3-11(4-6-13)12-7-9-15-10-8-12/h3-10H,1-2H3. The van der Waals surface area contributed by atoms with Gasteiger partial charge in [-0.2, -0.15) is 0 Å². The molecule has 0 N–H and O–H groups in total. The molecule has 0 aliphatic rings. The molecule has 1 aromatic carbocycles. The molecule has 0 aliphatic heterocycles. The molecule has 0 saturated carbocycles. The molecule has 0 fully saturated rings. The maximum absolute atomic E-state index is 11.7. The van der Waals surface area contributed by atoms with Crippen LogP contribution >= 0.6 is 0 Å². The van der Waals surface area contributed by atoms with Crippen molar-refractivity contribution in [3.05, 3.63) is 54.4 Å². The quantitative estimate of drug-likeness (QED) is 0.788. The summed E-state index contributed by atoms with van der Waals surface area (Å²) >= 11 is 0. The van der Waals surface area contributed by atoms with Crippen LogP contribution in [-0.4, -0.2) is 29.9 Å². The summed E-state index contributed by atoms with van der Waals surface area (Å²) in [5.74, 6) is 0.0197. The van der Waals surface area contributed by atoms with Crippen LogP contribution in [0.1, 0.15) is 10.4 Å². The third-order valence-electron chi connectivity index (χ3n) is 2.55. The maximum atomic E-state index is 11.7. The lowest BCUT2D eigenvalue weighted by atomic mass is 10.0. The van der Waals surface area contributed by atoms with E-state index in [0.29, 0.717) is 5.56 Å². The summed E-state index contributed by atoms with van der Waals surface area (Å²) in [5.41, 5.74) is 2.89. The van der Waals surface area contributed by atoms with Crippen molar-refractivity contribution in [1.29, 1.82) is 0 Å². The highest BCUT2D eigenvalue weighted by Gasteiger charge is 2.07. The third kappa shape index (κ3) is 2.50. The molecule has 0 bridgehead atoms. The van der Waals surface area contributed by atoms with Crippen molar-refractivity contribution >= 4 is 5.91 Å². The number of benzene rings is 1. The Morgan fingerprint density at radius 1 is 0.941 bits per heavy atom. The first-order valence-corrected chi connectivity index (χ1v) is 5.40. The Balaban J connectivity index is 2.28. The van der Waals surface area contributed by atoms with Gasteiger partial charge < -0.3 is 4.90 Å². The van der Waals surface area contributed by atoms with Gasteiger partial charge in [-0.15, -0.1) is 0 Å². The minimum absolute atomic E-state index is 0.0197. The molecule has 1 aromatic heterocycles. The van der Waals surface area contributed by atoms with Crippen molar-refractivity contribution < 1.29 is 4.79 Å². The Kier molecular flexibility index (Phi) is 3.19.